The first kappa shape index (κ1) is 14.3. The second kappa shape index (κ2) is 5.89. The zero-order chi connectivity index (χ0) is 13.1. The van der Waals surface area contributed by atoms with Crippen molar-refractivity contribution in [1.29, 1.82) is 0 Å². The van der Waals surface area contributed by atoms with Crippen LogP contribution in [0.2, 0.25) is 0 Å². The van der Waals surface area contributed by atoms with E-state index in [2.05, 4.69) is 19.2 Å². The van der Waals surface area contributed by atoms with Crippen LogP contribution in [0.15, 0.2) is 0 Å². The fraction of sp³-hybridized carbons (Fsp3) is 1.00. The van der Waals surface area contributed by atoms with Gasteiger partial charge in [0, 0.05) is 38.6 Å². The van der Waals surface area contributed by atoms with E-state index in [0.717, 1.165) is 19.4 Å². The maximum absolute atomic E-state index is 10.4. The Bertz CT molecular complexity index is 259. The van der Waals surface area contributed by atoms with Crippen molar-refractivity contribution in [2.24, 2.45) is 5.41 Å². The van der Waals surface area contributed by atoms with E-state index in [9.17, 15) is 5.11 Å². The summed E-state index contributed by atoms with van der Waals surface area (Å²) in [6.45, 7) is 6.90. The molecule has 3 nitrogen and oxygen atoms in total. The van der Waals surface area contributed by atoms with Gasteiger partial charge in [-0.2, -0.15) is 0 Å². The molecule has 18 heavy (non-hydrogen) atoms. The van der Waals surface area contributed by atoms with Crippen LogP contribution in [0.1, 0.15) is 58.8 Å². The smallest absolute Gasteiger partial charge is 0.0815 e. The molecular formula is C15H29NO2. The Balaban J connectivity index is 1.76. The van der Waals surface area contributed by atoms with Crippen molar-refractivity contribution in [2.75, 3.05) is 19.8 Å². The maximum Gasteiger partial charge on any atom is 0.0815 e. The van der Waals surface area contributed by atoms with Crippen molar-refractivity contribution in [1.82, 2.24) is 5.32 Å². The Morgan fingerprint density at radius 1 is 1.11 bits per heavy atom. The van der Waals surface area contributed by atoms with E-state index in [1.54, 1.807) is 0 Å². The van der Waals surface area contributed by atoms with Gasteiger partial charge in [0.15, 0.2) is 0 Å². The van der Waals surface area contributed by atoms with Crippen LogP contribution in [0, 0.1) is 5.41 Å². The minimum atomic E-state index is -0.528. The largest absolute Gasteiger partial charge is 0.388 e. The Hall–Kier alpha value is -0.120. The molecule has 0 amide bonds. The molecule has 0 spiro atoms. The highest BCUT2D eigenvalue weighted by atomic mass is 16.5. The molecule has 1 unspecified atom stereocenters. The van der Waals surface area contributed by atoms with Crippen molar-refractivity contribution in [3.63, 3.8) is 0 Å². The van der Waals surface area contributed by atoms with Gasteiger partial charge >= 0.3 is 0 Å². The molecule has 1 atom stereocenters. The summed E-state index contributed by atoms with van der Waals surface area (Å²) in [4.78, 5) is 0. The molecule has 0 aromatic carbocycles. The minimum Gasteiger partial charge on any atom is -0.388 e. The van der Waals surface area contributed by atoms with Crippen molar-refractivity contribution >= 4 is 0 Å². The van der Waals surface area contributed by atoms with Gasteiger partial charge in [0.25, 0.3) is 0 Å². The van der Waals surface area contributed by atoms with Gasteiger partial charge < -0.3 is 15.2 Å². The summed E-state index contributed by atoms with van der Waals surface area (Å²) in [5.41, 5.74) is -0.0217. The number of nitrogens with one attached hydrogen (secondary N) is 1. The predicted molar refractivity (Wildman–Crippen MR) is 73.7 cm³/mol. The van der Waals surface area contributed by atoms with Crippen LogP contribution in [0.4, 0.5) is 0 Å². The van der Waals surface area contributed by atoms with Crippen LogP contribution in [-0.4, -0.2) is 36.5 Å². The summed E-state index contributed by atoms with van der Waals surface area (Å²) in [7, 11) is 0. The third kappa shape index (κ3) is 4.22. The molecule has 0 aromatic heterocycles. The number of ether oxygens (including phenoxy) is 1. The molecular weight excluding hydrogens is 226 g/mol. The van der Waals surface area contributed by atoms with E-state index >= 15 is 0 Å². The van der Waals surface area contributed by atoms with Gasteiger partial charge in [-0.25, -0.2) is 0 Å². The third-order valence-electron chi connectivity index (χ3n) is 4.72. The lowest BCUT2D eigenvalue weighted by Crippen LogP contribution is -2.47. The Morgan fingerprint density at radius 2 is 1.83 bits per heavy atom. The molecule has 1 aliphatic carbocycles. The summed E-state index contributed by atoms with van der Waals surface area (Å²) in [6, 6.07) is 0.596. The van der Waals surface area contributed by atoms with E-state index in [1.165, 1.54) is 32.1 Å². The number of aliphatic hydroxyl groups is 1. The lowest BCUT2D eigenvalue weighted by atomic mass is 9.85. The molecule has 0 radical (unpaired) electrons. The van der Waals surface area contributed by atoms with Gasteiger partial charge in [0.2, 0.25) is 0 Å². The Labute approximate surface area is 111 Å². The normalized spacial score (nSPS) is 31.8. The predicted octanol–water partition coefficient (Wildman–Crippen LogP) is 2.48. The lowest BCUT2D eigenvalue weighted by molar-refractivity contribution is -0.0629. The lowest BCUT2D eigenvalue weighted by Gasteiger charge is -2.33. The van der Waals surface area contributed by atoms with Crippen LogP contribution >= 0.6 is 0 Å². The summed E-state index contributed by atoms with van der Waals surface area (Å²) >= 11 is 0. The van der Waals surface area contributed by atoms with E-state index in [4.69, 9.17) is 4.74 Å². The molecule has 2 aliphatic rings. The first-order valence-electron chi connectivity index (χ1n) is 7.53. The van der Waals surface area contributed by atoms with Crippen LogP contribution in [0.3, 0.4) is 0 Å². The van der Waals surface area contributed by atoms with E-state index in [-0.39, 0.29) is 0 Å². The molecule has 106 valence electrons. The van der Waals surface area contributed by atoms with Crippen LogP contribution in [-0.2, 0) is 4.74 Å². The molecule has 1 saturated carbocycles. The molecule has 1 heterocycles. The zero-order valence-corrected chi connectivity index (χ0v) is 12.0. The number of hydrogen-bond donors (Lipinski definition) is 2. The van der Waals surface area contributed by atoms with Gasteiger partial charge in [-0.3, -0.25) is 0 Å². The standard InChI is InChI=1S/C15H29NO2/c1-14(2)6-3-4-13(5-7-14)16-12-15(17)8-10-18-11-9-15/h13,16-17H,3-12H2,1-2H3. The second-order valence-electron chi connectivity index (χ2n) is 7.01. The van der Waals surface area contributed by atoms with Crippen molar-refractivity contribution < 1.29 is 9.84 Å². The highest BCUT2D eigenvalue weighted by Gasteiger charge is 2.31. The minimum absolute atomic E-state index is 0.506. The van der Waals surface area contributed by atoms with Crippen LogP contribution in [0.25, 0.3) is 0 Å². The second-order valence-corrected chi connectivity index (χ2v) is 7.01. The first-order chi connectivity index (χ1) is 8.49. The molecule has 2 fully saturated rings. The molecule has 0 bridgehead atoms. The fourth-order valence-corrected chi connectivity index (χ4v) is 3.13. The van der Waals surface area contributed by atoms with Crippen LogP contribution in [0.5, 0.6) is 0 Å². The maximum atomic E-state index is 10.4. The van der Waals surface area contributed by atoms with E-state index in [0.29, 0.717) is 24.7 Å². The molecule has 1 saturated heterocycles. The summed E-state index contributed by atoms with van der Waals surface area (Å²) in [5, 5.41) is 14.0. The Morgan fingerprint density at radius 3 is 2.56 bits per heavy atom. The SMILES string of the molecule is CC1(C)CCCC(NCC2(O)CCOCC2)CC1. The number of rotatable bonds is 3. The third-order valence-corrected chi connectivity index (χ3v) is 4.72. The molecule has 1 aliphatic heterocycles. The van der Waals surface area contributed by atoms with Crippen molar-refractivity contribution in [3.8, 4) is 0 Å². The Kier molecular flexibility index (Phi) is 4.68. The van der Waals surface area contributed by atoms with Crippen molar-refractivity contribution in [3.05, 3.63) is 0 Å². The van der Waals surface area contributed by atoms with Gasteiger partial charge in [0.05, 0.1) is 5.60 Å². The quantitative estimate of drug-likeness (QED) is 0.761. The van der Waals surface area contributed by atoms with Crippen molar-refractivity contribution in [2.45, 2.75) is 70.4 Å². The molecule has 2 rings (SSSR count). The highest BCUT2D eigenvalue weighted by molar-refractivity contribution is 4.86. The summed E-state index contributed by atoms with van der Waals surface area (Å²) in [6.07, 6.45) is 8.01. The van der Waals surface area contributed by atoms with E-state index in [1.807, 2.05) is 0 Å². The summed E-state index contributed by atoms with van der Waals surface area (Å²) in [5.74, 6) is 0. The highest BCUT2D eigenvalue weighted by Crippen LogP contribution is 2.34. The van der Waals surface area contributed by atoms with Gasteiger partial charge in [-0.1, -0.05) is 20.3 Å². The first-order valence-corrected chi connectivity index (χ1v) is 7.53. The van der Waals surface area contributed by atoms with E-state index < -0.39 is 5.60 Å². The average molecular weight is 255 g/mol. The topological polar surface area (TPSA) is 41.5 Å². The monoisotopic (exact) mass is 255 g/mol. The molecule has 0 aromatic rings. The molecule has 2 N–H and O–H groups in total. The van der Waals surface area contributed by atoms with Gasteiger partial charge in [0.1, 0.15) is 0 Å². The summed E-state index contributed by atoms with van der Waals surface area (Å²) < 4.78 is 5.32. The molecule has 3 heteroatoms. The zero-order valence-electron chi connectivity index (χ0n) is 12.0. The van der Waals surface area contributed by atoms with Gasteiger partial charge in [-0.15, -0.1) is 0 Å². The fourth-order valence-electron chi connectivity index (χ4n) is 3.13. The van der Waals surface area contributed by atoms with Gasteiger partial charge in [-0.05, 0) is 31.1 Å². The van der Waals surface area contributed by atoms with Crippen LogP contribution < -0.4 is 5.32 Å². The average Bonchev–Trinajstić information content (AvgIpc) is 2.49. The number of hydrogen-bond acceptors (Lipinski definition) is 3.